The summed E-state index contributed by atoms with van der Waals surface area (Å²) >= 11 is 3.70. The Morgan fingerprint density at radius 3 is 2.67 bits per heavy atom. The van der Waals surface area contributed by atoms with Gasteiger partial charge < -0.3 is 9.64 Å². The van der Waals surface area contributed by atoms with Crippen LogP contribution in [-0.2, 0) is 11.3 Å². The first-order chi connectivity index (χ1) is 14.8. The van der Waals surface area contributed by atoms with Crippen molar-refractivity contribution in [3.63, 3.8) is 0 Å². The lowest BCUT2D eigenvalue weighted by Crippen LogP contribution is -2.40. The Morgan fingerprint density at radius 1 is 1.13 bits per heavy atom. The summed E-state index contributed by atoms with van der Waals surface area (Å²) in [4.78, 5) is 16.1. The summed E-state index contributed by atoms with van der Waals surface area (Å²) in [6.07, 6.45) is 4.91. The van der Waals surface area contributed by atoms with Gasteiger partial charge in [-0.2, -0.15) is 11.8 Å². The molecule has 3 aromatic rings. The summed E-state index contributed by atoms with van der Waals surface area (Å²) in [5.41, 5.74) is 2.46. The molecule has 2 aliphatic heterocycles. The Morgan fingerprint density at radius 2 is 1.93 bits per heavy atom. The second-order valence-corrected chi connectivity index (χ2v) is 10.0. The Kier molecular flexibility index (Phi) is 5.96. The van der Waals surface area contributed by atoms with E-state index in [4.69, 9.17) is 14.7 Å². The molecular formula is C23H28N4OS2. The fraction of sp³-hybridized carbons (Fsp3) is 0.478. The third kappa shape index (κ3) is 3.73. The molecule has 2 aromatic heterocycles. The van der Waals surface area contributed by atoms with Crippen molar-refractivity contribution in [1.29, 1.82) is 0 Å². The number of benzene rings is 1. The van der Waals surface area contributed by atoms with Crippen LogP contribution in [0.2, 0.25) is 0 Å². The van der Waals surface area contributed by atoms with Crippen LogP contribution in [-0.4, -0.2) is 65.7 Å². The highest BCUT2D eigenvalue weighted by atomic mass is 32.2. The van der Waals surface area contributed by atoms with E-state index in [1.165, 1.54) is 42.4 Å². The molecule has 1 aromatic carbocycles. The summed E-state index contributed by atoms with van der Waals surface area (Å²) in [6, 6.07) is 11.2. The smallest absolute Gasteiger partial charge is 0.158 e. The third-order valence-corrected chi connectivity index (χ3v) is 8.21. The maximum Gasteiger partial charge on any atom is 0.158 e. The molecule has 4 heterocycles. The van der Waals surface area contributed by atoms with Crippen molar-refractivity contribution < 1.29 is 4.74 Å². The van der Waals surface area contributed by atoms with Crippen LogP contribution in [0.4, 0.5) is 5.82 Å². The molecule has 0 spiro atoms. The van der Waals surface area contributed by atoms with Gasteiger partial charge in [0.2, 0.25) is 0 Å². The first kappa shape index (κ1) is 20.2. The number of methoxy groups -OCH3 is 1. The molecular weight excluding hydrogens is 412 g/mol. The molecule has 5 nitrogen and oxygen atoms in total. The number of ether oxygens (including phenoxy) is 1. The number of thiophene rings is 1. The zero-order chi connectivity index (χ0) is 20.5. The van der Waals surface area contributed by atoms with Gasteiger partial charge in [-0.1, -0.05) is 30.3 Å². The SMILES string of the molecule is COCc1nc(N2C[C@@H](N3CCCC3)[C@H](SC)C2)c2c(-c3ccccc3)csc2n1. The normalized spacial score (nSPS) is 22.4. The van der Waals surface area contributed by atoms with Crippen LogP contribution in [0.1, 0.15) is 18.7 Å². The van der Waals surface area contributed by atoms with E-state index in [2.05, 4.69) is 51.8 Å². The number of rotatable bonds is 6. The van der Waals surface area contributed by atoms with Gasteiger partial charge in [0.1, 0.15) is 17.3 Å². The lowest BCUT2D eigenvalue weighted by Gasteiger charge is -2.27. The Hall–Kier alpha value is -1.67. The van der Waals surface area contributed by atoms with Crippen LogP contribution < -0.4 is 4.90 Å². The van der Waals surface area contributed by atoms with Gasteiger partial charge >= 0.3 is 0 Å². The van der Waals surface area contributed by atoms with E-state index in [1.54, 1.807) is 18.4 Å². The lowest BCUT2D eigenvalue weighted by molar-refractivity contribution is 0.178. The van der Waals surface area contributed by atoms with Gasteiger partial charge in [0.05, 0.1) is 5.39 Å². The number of anilines is 1. The monoisotopic (exact) mass is 440 g/mol. The molecule has 0 amide bonds. The predicted octanol–water partition coefficient (Wildman–Crippen LogP) is 4.52. The van der Waals surface area contributed by atoms with Crippen LogP contribution >= 0.6 is 23.1 Å². The summed E-state index contributed by atoms with van der Waals surface area (Å²) < 4.78 is 5.38. The zero-order valence-electron chi connectivity index (χ0n) is 17.6. The number of hydrogen-bond acceptors (Lipinski definition) is 7. The topological polar surface area (TPSA) is 41.5 Å². The molecule has 2 saturated heterocycles. The summed E-state index contributed by atoms with van der Waals surface area (Å²) in [6.45, 7) is 4.98. The summed E-state index contributed by atoms with van der Waals surface area (Å²) in [5.74, 6) is 1.85. The van der Waals surface area contributed by atoms with E-state index >= 15 is 0 Å². The van der Waals surface area contributed by atoms with Crippen molar-refractivity contribution in [1.82, 2.24) is 14.9 Å². The quantitative estimate of drug-likeness (QED) is 0.561. The molecule has 0 bridgehead atoms. The average Bonchev–Trinajstić information content (AvgIpc) is 3.52. The highest BCUT2D eigenvalue weighted by Crippen LogP contribution is 2.40. The summed E-state index contributed by atoms with van der Waals surface area (Å²) in [5, 5.41) is 4.03. The van der Waals surface area contributed by atoms with E-state index in [1.807, 2.05) is 11.8 Å². The second-order valence-electron chi connectivity index (χ2n) is 8.08. The van der Waals surface area contributed by atoms with Crippen molar-refractivity contribution in [3.8, 4) is 11.1 Å². The van der Waals surface area contributed by atoms with E-state index < -0.39 is 0 Å². The number of likely N-dealkylation sites (tertiary alicyclic amines) is 1. The van der Waals surface area contributed by atoms with Gasteiger partial charge in [-0.25, -0.2) is 9.97 Å². The number of thioether (sulfide) groups is 1. The zero-order valence-corrected chi connectivity index (χ0v) is 19.2. The minimum atomic E-state index is 0.441. The van der Waals surface area contributed by atoms with E-state index in [-0.39, 0.29) is 0 Å². The molecule has 2 fully saturated rings. The first-order valence-corrected chi connectivity index (χ1v) is 12.8. The molecule has 0 N–H and O–H groups in total. The molecule has 5 rings (SSSR count). The number of hydrogen-bond donors (Lipinski definition) is 0. The third-order valence-electron chi connectivity index (χ3n) is 6.27. The minimum Gasteiger partial charge on any atom is -0.377 e. The number of nitrogens with zero attached hydrogens (tertiary/aromatic N) is 4. The van der Waals surface area contributed by atoms with Crippen molar-refractivity contribution in [2.75, 3.05) is 44.4 Å². The van der Waals surface area contributed by atoms with Crippen molar-refractivity contribution >= 4 is 39.1 Å². The largest absolute Gasteiger partial charge is 0.377 e. The highest BCUT2D eigenvalue weighted by Gasteiger charge is 2.38. The van der Waals surface area contributed by atoms with E-state index in [0.717, 1.165) is 29.6 Å². The number of fused-ring (bicyclic) bond motifs is 1. The van der Waals surface area contributed by atoms with E-state index in [9.17, 15) is 0 Å². The average molecular weight is 441 g/mol. The molecule has 2 aliphatic rings. The number of aromatic nitrogens is 2. The van der Waals surface area contributed by atoms with Crippen molar-refractivity contribution in [2.45, 2.75) is 30.7 Å². The molecule has 158 valence electrons. The lowest BCUT2D eigenvalue weighted by atomic mass is 10.1. The standard InChI is InChI=1S/C23H28N4OS2/c1-28-14-20-24-22(27-12-18(19(13-27)29-2)26-10-6-7-11-26)21-17(15-30-23(21)25-20)16-8-4-3-5-9-16/h3-5,8-9,15,18-19H,6-7,10-14H2,1-2H3/t18-,19-/m1/s1. The molecule has 0 unspecified atom stereocenters. The maximum atomic E-state index is 5.38. The predicted molar refractivity (Wildman–Crippen MR) is 128 cm³/mol. The van der Waals surface area contributed by atoms with Crippen molar-refractivity contribution in [3.05, 3.63) is 41.5 Å². The Bertz CT molecular complexity index is 1000. The Balaban J connectivity index is 1.59. The molecule has 2 atom stereocenters. The van der Waals surface area contributed by atoms with Crippen LogP contribution in [0.25, 0.3) is 21.3 Å². The van der Waals surface area contributed by atoms with Gasteiger partial charge in [-0.3, -0.25) is 4.90 Å². The van der Waals surface area contributed by atoms with Gasteiger partial charge in [-0.05, 0) is 37.8 Å². The molecule has 0 radical (unpaired) electrons. The van der Waals surface area contributed by atoms with Crippen LogP contribution in [0.5, 0.6) is 0 Å². The van der Waals surface area contributed by atoms with Crippen LogP contribution in [0.15, 0.2) is 35.7 Å². The summed E-state index contributed by atoms with van der Waals surface area (Å²) in [7, 11) is 1.71. The van der Waals surface area contributed by atoms with Crippen LogP contribution in [0.3, 0.4) is 0 Å². The van der Waals surface area contributed by atoms with Gasteiger partial charge in [0, 0.05) is 42.4 Å². The van der Waals surface area contributed by atoms with Gasteiger partial charge in [-0.15, -0.1) is 11.3 Å². The molecule has 7 heteroatoms. The van der Waals surface area contributed by atoms with Crippen LogP contribution in [0, 0.1) is 0 Å². The van der Waals surface area contributed by atoms with Crippen molar-refractivity contribution in [2.24, 2.45) is 0 Å². The second kappa shape index (κ2) is 8.83. The van der Waals surface area contributed by atoms with Gasteiger partial charge in [0.25, 0.3) is 0 Å². The molecule has 30 heavy (non-hydrogen) atoms. The molecule has 0 aliphatic carbocycles. The fourth-order valence-corrected chi connectivity index (χ4v) is 6.67. The van der Waals surface area contributed by atoms with Gasteiger partial charge in [0.15, 0.2) is 5.82 Å². The fourth-order valence-electron chi connectivity index (χ4n) is 4.80. The highest BCUT2D eigenvalue weighted by molar-refractivity contribution is 7.99. The first-order valence-electron chi connectivity index (χ1n) is 10.6. The minimum absolute atomic E-state index is 0.441. The maximum absolute atomic E-state index is 5.38. The van der Waals surface area contributed by atoms with E-state index in [0.29, 0.717) is 17.9 Å². The Labute approximate surface area is 186 Å². The molecule has 0 saturated carbocycles.